The van der Waals surface area contributed by atoms with E-state index in [4.69, 9.17) is 10.5 Å². The number of hydrogen-bond acceptors (Lipinski definition) is 3. The molecule has 0 aliphatic carbocycles. The highest BCUT2D eigenvalue weighted by Gasteiger charge is 2.31. The number of halogens is 3. The minimum absolute atomic E-state index is 0.0415. The maximum absolute atomic E-state index is 13.0. The summed E-state index contributed by atoms with van der Waals surface area (Å²) < 4.78 is 44.1. The summed E-state index contributed by atoms with van der Waals surface area (Å²) in [7, 11) is 1.35. The Morgan fingerprint density at radius 1 is 1.26 bits per heavy atom. The predicted octanol–water partition coefficient (Wildman–Crippen LogP) is 3.44. The molecule has 2 aromatic rings. The molecule has 23 heavy (non-hydrogen) atoms. The van der Waals surface area contributed by atoms with Crippen molar-refractivity contribution >= 4 is 5.91 Å². The predicted molar refractivity (Wildman–Crippen MR) is 79.1 cm³/mol. The maximum atomic E-state index is 13.0. The number of alkyl halides is 3. The molecule has 0 fully saturated rings. The van der Waals surface area contributed by atoms with E-state index < -0.39 is 17.6 Å². The van der Waals surface area contributed by atoms with Crippen LogP contribution in [0.3, 0.4) is 0 Å². The number of aromatic nitrogens is 1. The number of ether oxygens (including phenoxy) is 1. The summed E-state index contributed by atoms with van der Waals surface area (Å²) in [6.45, 7) is 1.85. The average molecular weight is 324 g/mol. The normalized spacial score (nSPS) is 11.3. The first-order valence-electron chi connectivity index (χ1n) is 6.82. The third-order valence-electron chi connectivity index (χ3n) is 3.41. The van der Waals surface area contributed by atoms with Crippen LogP contribution in [0, 0.1) is 0 Å². The molecule has 1 aromatic heterocycles. The molecular weight excluding hydrogens is 309 g/mol. The molecule has 0 bridgehead atoms. The number of amides is 1. The van der Waals surface area contributed by atoms with Gasteiger partial charge in [-0.25, -0.2) is 0 Å². The van der Waals surface area contributed by atoms with E-state index in [1.165, 1.54) is 19.4 Å². The first-order valence-corrected chi connectivity index (χ1v) is 6.82. The van der Waals surface area contributed by atoms with E-state index in [0.29, 0.717) is 12.1 Å². The molecule has 122 valence electrons. The largest absolute Gasteiger partial charge is 0.496 e. The number of benzene rings is 1. The minimum Gasteiger partial charge on any atom is -0.496 e. The fourth-order valence-corrected chi connectivity index (χ4v) is 2.21. The molecule has 0 spiro atoms. The van der Waals surface area contributed by atoms with Crippen LogP contribution in [-0.4, -0.2) is 18.0 Å². The van der Waals surface area contributed by atoms with Crippen LogP contribution in [0.1, 0.15) is 28.5 Å². The zero-order valence-corrected chi connectivity index (χ0v) is 12.6. The highest BCUT2D eigenvalue weighted by molar-refractivity contribution is 6.00. The van der Waals surface area contributed by atoms with Gasteiger partial charge in [0, 0.05) is 23.0 Å². The number of nitrogens with zero attached hydrogens (tertiary/aromatic N) is 1. The molecule has 0 aliphatic rings. The summed E-state index contributed by atoms with van der Waals surface area (Å²) in [4.78, 5) is 15.7. The molecular formula is C16H15F3N2O2. The number of carbonyl (C=O) groups is 1. The lowest BCUT2D eigenvalue weighted by molar-refractivity contribution is -0.137. The van der Waals surface area contributed by atoms with Crippen LogP contribution in [-0.2, 0) is 12.6 Å². The van der Waals surface area contributed by atoms with E-state index in [0.717, 1.165) is 12.1 Å². The van der Waals surface area contributed by atoms with Gasteiger partial charge in [0.25, 0.3) is 5.91 Å². The number of rotatable bonds is 4. The van der Waals surface area contributed by atoms with Gasteiger partial charge in [-0.2, -0.15) is 13.2 Å². The molecule has 0 saturated heterocycles. The average Bonchev–Trinajstić information content (AvgIpc) is 2.52. The summed E-state index contributed by atoms with van der Waals surface area (Å²) in [6, 6.07) is 4.64. The van der Waals surface area contributed by atoms with Gasteiger partial charge in [0.2, 0.25) is 0 Å². The Labute approximate surface area is 131 Å². The smallest absolute Gasteiger partial charge is 0.416 e. The lowest BCUT2D eigenvalue weighted by atomic mass is 9.97. The summed E-state index contributed by atoms with van der Waals surface area (Å²) in [5, 5.41) is 0. The van der Waals surface area contributed by atoms with Gasteiger partial charge in [0.05, 0.1) is 18.2 Å². The summed E-state index contributed by atoms with van der Waals surface area (Å²) in [5.74, 6) is -0.552. The molecule has 0 saturated carbocycles. The van der Waals surface area contributed by atoms with E-state index in [1.54, 1.807) is 6.07 Å². The third-order valence-corrected chi connectivity index (χ3v) is 3.41. The van der Waals surface area contributed by atoms with Crippen molar-refractivity contribution in [2.24, 2.45) is 5.73 Å². The second-order valence-electron chi connectivity index (χ2n) is 4.85. The van der Waals surface area contributed by atoms with Gasteiger partial charge in [-0.1, -0.05) is 6.92 Å². The van der Waals surface area contributed by atoms with Gasteiger partial charge in [0.1, 0.15) is 5.75 Å². The van der Waals surface area contributed by atoms with Crippen LogP contribution >= 0.6 is 0 Å². The molecule has 2 N–H and O–H groups in total. The van der Waals surface area contributed by atoms with Crippen molar-refractivity contribution in [3.8, 4) is 16.9 Å². The monoisotopic (exact) mass is 324 g/mol. The minimum atomic E-state index is -4.51. The Hall–Kier alpha value is -2.57. The zero-order valence-electron chi connectivity index (χ0n) is 12.6. The topological polar surface area (TPSA) is 65.2 Å². The number of nitrogens with two attached hydrogens (primary N) is 1. The summed E-state index contributed by atoms with van der Waals surface area (Å²) >= 11 is 0. The molecule has 1 amide bonds. The van der Waals surface area contributed by atoms with Gasteiger partial charge < -0.3 is 10.5 Å². The SMILES string of the molecule is CCc1cc(-c2cc(C(F)(F)F)ccc2OC)c(C(N)=O)cn1. The number of methoxy groups -OCH3 is 1. The van der Waals surface area contributed by atoms with Crippen molar-refractivity contribution in [2.45, 2.75) is 19.5 Å². The number of carbonyl (C=O) groups excluding carboxylic acids is 1. The third kappa shape index (κ3) is 3.44. The number of pyridine rings is 1. The number of aryl methyl sites for hydroxylation is 1. The first-order chi connectivity index (χ1) is 10.8. The van der Waals surface area contributed by atoms with Crippen LogP contribution in [0.4, 0.5) is 13.2 Å². The van der Waals surface area contributed by atoms with Crippen molar-refractivity contribution in [3.05, 3.63) is 47.3 Å². The van der Waals surface area contributed by atoms with Gasteiger partial charge in [0.15, 0.2) is 0 Å². The van der Waals surface area contributed by atoms with Gasteiger partial charge in [-0.15, -0.1) is 0 Å². The van der Waals surface area contributed by atoms with Gasteiger partial charge >= 0.3 is 6.18 Å². The molecule has 7 heteroatoms. The van der Waals surface area contributed by atoms with Crippen LogP contribution in [0.2, 0.25) is 0 Å². The Morgan fingerprint density at radius 2 is 1.96 bits per heavy atom. The molecule has 0 radical (unpaired) electrons. The second-order valence-corrected chi connectivity index (χ2v) is 4.85. The van der Waals surface area contributed by atoms with Crippen molar-refractivity contribution in [3.63, 3.8) is 0 Å². The fraction of sp³-hybridized carbons (Fsp3) is 0.250. The van der Waals surface area contributed by atoms with Crippen molar-refractivity contribution < 1.29 is 22.7 Å². The highest BCUT2D eigenvalue weighted by atomic mass is 19.4. The number of primary amides is 1. The Kier molecular flexibility index (Phi) is 4.58. The molecule has 1 heterocycles. The Morgan fingerprint density at radius 3 is 2.48 bits per heavy atom. The first kappa shape index (κ1) is 16.8. The second kappa shape index (κ2) is 6.28. The van der Waals surface area contributed by atoms with Gasteiger partial charge in [-0.3, -0.25) is 9.78 Å². The number of hydrogen-bond donors (Lipinski definition) is 1. The standard InChI is InChI=1S/C16H15F3N2O2/c1-3-10-7-11(13(8-21-10)15(20)22)12-6-9(16(17,18)19)4-5-14(12)23-2/h4-8H,3H2,1-2H3,(H2,20,22). The summed E-state index contributed by atoms with van der Waals surface area (Å²) in [5.41, 5.74) is 5.57. The molecule has 2 rings (SSSR count). The van der Waals surface area contributed by atoms with Crippen molar-refractivity contribution in [1.29, 1.82) is 0 Å². The fourth-order valence-electron chi connectivity index (χ4n) is 2.21. The van der Waals surface area contributed by atoms with Crippen LogP contribution in [0.15, 0.2) is 30.5 Å². The van der Waals surface area contributed by atoms with Crippen LogP contribution in [0.25, 0.3) is 11.1 Å². The van der Waals surface area contributed by atoms with E-state index in [1.807, 2.05) is 6.92 Å². The summed E-state index contributed by atoms with van der Waals surface area (Å²) in [6.07, 6.45) is -2.67. The van der Waals surface area contributed by atoms with Crippen LogP contribution in [0.5, 0.6) is 5.75 Å². The molecule has 0 aliphatic heterocycles. The quantitative estimate of drug-likeness (QED) is 0.937. The lowest BCUT2D eigenvalue weighted by Gasteiger charge is -2.15. The lowest BCUT2D eigenvalue weighted by Crippen LogP contribution is -2.14. The molecule has 1 aromatic carbocycles. The van der Waals surface area contributed by atoms with E-state index >= 15 is 0 Å². The molecule has 4 nitrogen and oxygen atoms in total. The van der Waals surface area contributed by atoms with Crippen LogP contribution < -0.4 is 10.5 Å². The van der Waals surface area contributed by atoms with E-state index in [9.17, 15) is 18.0 Å². The molecule has 0 atom stereocenters. The van der Waals surface area contributed by atoms with E-state index in [-0.39, 0.29) is 22.4 Å². The Bertz CT molecular complexity index is 743. The highest BCUT2D eigenvalue weighted by Crippen LogP contribution is 2.38. The van der Waals surface area contributed by atoms with Gasteiger partial charge in [-0.05, 0) is 30.7 Å². The van der Waals surface area contributed by atoms with E-state index in [2.05, 4.69) is 4.98 Å². The molecule has 0 unspecified atom stereocenters. The van der Waals surface area contributed by atoms with Crippen molar-refractivity contribution in [1.82, 2.24) is 4.98 Å². The Balaban J connectivity index is 2.76. The zero-order chi connectivity index (χ0) is 17.2. The maximum Gasteiger partial charge on any atom is 0.416 e. The van der Waals surface area contributed by atoms with Crippen molar-refractivity contribution in [2.75, 3.05) is 7.11 Å².